The van der Waals surface area contributed by atoms with Crippen molar-refractivity contribution >= 4 is 5.82 Å². The van der Waals surface area contributed by atoms with Crippen LogP contribution in [0.3, 0.4) is 0 Å². The topological polar surface area (TPSA) is 49.3 Å². The van der Waals surface area contributed by atoms with E-state index in [1.807, 2.05) is 6.07 Å². The highest BCUT2D eigenvalue weighted by Crippen LogP contribution is 2.40. The Bertz CT molecular complexity index is 853. The molecule has 1 aromatic heterocycles. The van der Waals surface area contributed by atoms with Crippen LogP contribution in [0.15, 0.2) is 18.2 Å². The Hall–Kier alpha value is -2.31. The van der Waals surface area contributed by atoms with Gasteiger partial charge in [0, 0.05) is 18.2 Å². The number of anilines is 1. The normalized spacial score (nSPS) is 18.2. The number of benzene rings is 1. The molecule has 0 spiro atoms. The fourth-order valence-corrected chi connectivity index (χ4v) is 4.53. The lowest BCUT2D eigenvalue weighted by Crippen LogP contribution is -2.41. The Morgan fingerprint density at radius 2 is 1.79 bits per heavy atom. The summed E-state index contributed by atoms with van der Waals surface area (Å²) in [5.41, 5.74) is 1.27. The molecule has 1 saturated carbocycles. The molecule has 4 nitrogen and oxygen atoms in total. The van der Waals surface area contributed by atoms with Crippen molar-refractivity contribution in [2.75, 3.05) is 11.4 Å². The first-order valence-electron chi connectivity index (χ1n) is 9.89. The summed E-state index contributed by atoms with van der Waals surface area (Å²) >= 11 is 0. The average Bonchev–Trinajstić information content (AvgIpc) is 2.67. The minimum Gasteiger partial charge on any atom is -0.507 e. The second kappa shape index (κ2) is 7.26. The quantitative estimate of drug-likeness (QED) is 0.758. The van der Waals surface area contributed by atoms with Crippen molar-refractivity contribution in [1.82, 2.24) is 10.2 Å². The van der Waals surface area contributed by atoms with Gasteiger partial charge in [-0.2, -0.15) is 13.2 Å². The Kier molecular flexibility index (Phi) is 4.93. The third-order valence-electron chi connectivity index (χ3n) is 5.88. The Labute approximate surface area is 162 Å². The number of fused-ring (bicyclic) bond motifs is 1. The van der Waals surface area contributed by atoms with E-state index in [1.54, 1.807) is 6.92 Å². The summed E-state index contributed by atoms with van der Waals surface area (Å²) < 4.78 is 38.9. The van der Waals surface area contributed by atoms with Crippen LogP contribution in [0.5, 0.6) is 5.75 Å². The largest absolute Gasteiger partial charge is 0.507 e. The van der Waals surface area contributed by atoms with Crippen molar-refractivity contribution in [2.45, 2.75) is 64.1 Å². The number of phenolic OH excluding ortho intramolecular Hbond substituents is 1. The molecule has 0 atom stereocenters. The Morgan fingerprint density at radius 1 is 1.04 bits per heavy atom. The number of aryl methyl sites for hydroxylation is 2. The number of halogens is 3. The molecule has 2 aromatic rings. The molecule has 1 aromatic carbocycles. The average molecular weight is 391 g/mol. The number of phenols is 1. The van der Waals surface area contributed by atoms with Gasteiger partial charge in [0.25, 0.3) is 0 Å². The van der Waals surface area contributed by atoms with Crippen LogP contribution >= 0.6 is 0 Å². The first-order valence-corrected chi connectivity index (χ1v) is 9.89. The van der Waals surface area contributed by atoms with E-state index in [9.17, 15) is 18.3 Å². The summed E-state index contributed by atoms with van der Waals surface area (Å²) in [6.45, 7) is 2.52. The van der Waals surface area contributed by atoms with Crippen molar-refractivity contribution in [2.24, 2.45) is 0 Å². The van der Waals surface area contributed by atoms with Gasteiger partial charge in [-0.05, 0) is 61.9 Å². The number of hydrogen-bond acceptors (Lipinski definition) is 4. The third-order valence-corrected chi connectivity index (χ3v) is 5.88. The molecule has 2 heterocycles. The van der Waals surface area contributed by atoms with Gasteiger partial charge in [0.1, 0.15) is 5.75 Å². The van der Waals surface area contributed by atoms with Crippen LogP contribution < -0.4 is 4.90 Å². The van der Waals surface area contributed by atoms with E-state index in [-0.39, 0.29) is 0 Å². The Morgan fingerprint density at radius 3 is 2.46 bits per heavy atom. The minimum absolute atomic E-state index is 0.318. The van der Waals surface area contributed by atoms with Crippen molar-refractivity contribution < 1.29 is 18.3 Å². The molecule has 150 valence electrons. The number of hydrogen-bond donors (Lipinski definition) is 1. The summed E-state index contributed by atoms with van der Waals surface area (Å²) in [4.78, 5) is 2.36. The van der Waals surface area contributed by atoms with Crippen molar-refractivity contribution in [3.63, 3.8) is 0 Å². The molecule has 4 rings (SSSR count). The molecule has 2 aliphatic rings. The molecule has 0 bridgehead atoms. The molecule has 0 amide bonds. The van der Waals surface area contributed by atoms with Crippen LogP contribution in [0.1, 0.15) is 55.2 Å². The number of alkyl halides is 3. The van der Waals surface area contributed by atoms with Crippen LogP contribution in [0, 0.1) is 6.92 Å². The summed E-state index contributed by atoms with van der Waals surface area (Å²) in [7, 11) is 0. The van der Waals surface area contributed by atoms with Crippen LogP contribution in [-0.4, -0.2) is 27.9 Å². The lowest BCUT2D eigenvalue weighted by Gasteiger charge is -2.38. The van der Waals surface area contributed by atoms with E-state index in [4.69, 9.17) is 0 Å². The summed E-state index contributed by atoms with van der Waals surface area (Å²) in [5.74, 6) is 0.479. The highest BCUT2D eigenvalue weighted by atomic mass is 19.4. The van der Waals surface area contributed by atoms with Gasteiger partial charge < -0.3 is 10.0 Å². The fraction of sp³-hybridized carbons (Fsp3) is 0.524. The van der Waals surface area contributed by atoms with Crippen molar-refractivity contribution in [3.8, 4) is 17.0 Å². The number of nitrogens with zero attached hydrogens (tertiary/aromatic N) is 3. The van der Waals surface area contributed by atoms with Crippen molar-refractivity contribution in [3.05, 3.63) is 34.9 Å². The number of aromatic nitrogens is 2. The lowest BCUT2D eigenvalue weighted by atomic mass is 9.92. The zero-order valence-electron chi connectivity index (χ0n) is 15.9. The maximum Gasteiger partial charge on any atom is 0.416 e. The lowest BCUT2D eigenvalue weighted by molar-refractivity contribution is -0.137. The Balaban J connectivity index is 1.70. The molecule has 1 N–H and O–H groups in total. The fourth-order valence-electron chi connectivity index (χ4n) is 4.53. The summed E-state index contributed by atoms with van der Waals surface area (Å²) in [5, 5.41) is 19.0. The molecule has 1 aliphatic heterocycles. The molecule has 1 fully saturated rings. The molecule has 1 aliphatic carbocycles. The number of rotatable bonds is 2. The molecule has 0 saturated heterocycles. The van der Waals surface area contributed by atoms with Gasteiger partial charge in [0.2, 0.25) is 0 Å². The molecule has 0 unspecified atom stereocenters. The van der Waals surface area contributed by atoms with Gasteiger partial charge in [-0.15, -0.1) is 10.2 Å². The number of aromatic hydroxyl groups is 1. The van der Waals surface area contributed by atoms with Gasteiger partial charge in [0.05, 0.1) is 11.3 Å². The van der Waals surface area contributed by atoms with Gasteiger partial charge in [-0.1, -0.05) is 19.3 Å². The second-order valence-corrected chi connectivity index (χ2v) is 7.85. The summed E-state index contributed by atoms with van der Waals surface area (Å²) in [6.07, 6.45) is 3.48. The monoisotopic (exact) mass is 391 g/mol. The first kappa shape index (κ1) is 19.0. The van der Waals surface area contributed by atoms with Gasteiger partial charge in [-0.25, -0.2) is 0 Å². The smallest absolute Gasteiger partial charge is 0.416 e. The van der Waals surface area contributed by atoms with E-state index in [2.05, 4.69) is 15.1 Å². The van der Waals surface area contributed by atoms with Crippen LogP contribution in [0.4, 0.5) is 19.0 Å². The zero-order chi connectivity index (χ0) is 19.9. The second-order valence-electron chi connectivity index (χ2n) is 7.85. The van der Waals surface area contributed by atoms with E-state index in [0.717, 1.165) is 42.9 Å². The molecule has 28 heavy (non-hydrogen) atoms. The highest BCUT2D eigenvalue weighted by molar-refractivity contribution is 5.72. The van der Waals surface area contributed by atoms with Crippen LogP contribution in [0.25, 0.3) is 11.3 Å². The van der Waals surface area contributed by atoms with Gasteiger partial charge in [0.15, 0.2) is 5.82 Å². The SMILES string of the molecule is Cc1cc(C(F)(F)F)cc(O)c1-c1cc2c(nn1)N(C1CCCCC1)CCC2. The molecular formula is C21H24F3N3O. The van der Waals surface area contributed by atoms with Gasteiger partial charge >= 0.3 is 6.18 Å². The molecule has 7 heteroatoms. The highest BCUT2D eigenvalue weighted by Gasteiger charge is 2.33. The standard InChI is InChI=1S/C21H24F3N3O/c1-13-10-15(21(22,23)24)12-18(28)19(13)17-11-14-6-5-9-27(20(14)26-25-17)16-7-3-2-4-8-16/h10-12,16,28H,2-9H2,1H3. The van der Waals surface area contributed by atoms with Gasteiger partial charge in [-0.3, -0.25) is 0 Å². The maximum atomic E-state index is 13.0. The maximum absolute atomic E-state index is 13.0. The zero-order valence-corrected chi connectivity index (χ0v) is 15.9. The van der Waals surface area contributed by atoms with Crippen LogP contribution in [0.2, 0.25) is 0 Å². The van der Waals surface area contributed by atoms with E-state index in [0.29, 0.717) is 22.9 Å². The van der Waals surface area contributed by atoms with E-state index >= 15 is 0 Å². The molecule has 0 radical (unpaired) electrons. The predicted octanol–water partition coefficient (Wildman–Crippen LogP) is 5.26. The summed E-state index contributed by atoms with van der Waals surface area (Å²) in [6, 6.07) is 4.18. The van der Waals surface area contributed by atoms with E-state index < -0.39 is 17.5 Å². The predicted molar refractivity (Wildman–Crippen MR) is 101 cm³/mol. The van der Waals surface area contributed by atoms with Crippen LogP contribution in [-0.2, 0) is 12.6 Å². The van der Waals surface area contributed by atoms with Crippen molar-refractivity contribution in [1.29, 1.82) is 0 Å². The minimum atomic E-state index is -4.50. The first-order chi connectivity index (χ1) is 13.3. The van der Waals surface area contributed by atoms with E-state index in [1.165, 1.54) is 32.1 Å². The third kappa shape index (κ3) is 3.54. The molecular weight excluding hydrogens is 367 g/mol.